The van der Waals surface area contributed by atoms with Gasteiger partial charge in [-0.25, -0.2) is 0 Å². The van der Waals surface area contributed by atoms with Crippen molar-refractivity contribution < 1.29 is 19.4 Å². The number of carbonyl (C=O) groups is 1. The Hall–Kier alpha value is -2.99. The summed E-state index contributed by atoms with van der Waals surface area (Å²) in [6, 6.07) is 13.0. The first-order chi connectivity index (χ1) is 16.1. The van der Waals surface area contributed by atoms with Crippen molar-refractivity contribution >= 4 is 16.9 Å². The molecule has 3 N–H and O–H groups in total. The highest BCUT2D eigenvalue weighted by atomic mass is 16.5. The quantitative estimate of drug-likeness (QED) is 0.331. The van der Waals surface area contributed by atoms with E-state index in [0.717, 1.165) is 39.9 Å². The van der Waals surface area contributed by atoms with Gasteiger partial charge in [-0.1, -0.05) is 63.3 Å². The van der Waals surface area contributed by atoms with Crippen LogP contribution in [0.2, 0.25) is 0 Å². The summed E-state index contributed by atoms with van der Waals surface area (Å²) in [6.45, 7) is 2.89. The van der Waals surface area contributed by atoms with Crippen molar-refractivity contribution in [2.24, 2.45) is 0 Å². The maximum absolute atomic E-state index is 11.9. The van der Waals surface area contributed by atoms with Crippen LogP contribution in [0.25, 0.3) is 10.9 Å². The Morgan fingerprint density at radius 1 is 1.06 bits per heavy atom. The Bertz CT molecular complexity index is 1090. The average Bonchev–Trinajstić information content (AvgIpc) is 3.21. The van der Waals surface area contributed by atoms with E-state index in [0.29, 0.717) is 18.8 Å². The van der Waals surface area contributed by atoms with Gasteiger partial charge in [-0.05, 0) is 35.7 Å². The molecular weight excluding hydrogens is 416 g/mol. The van der Waals surface area contributed by atoms with Gasteiger partial charge in [-0.3, -0.25) is 10.1 Å². The molecule has 0 unspecified atom stereocenters. The molecule has 0 aliphatic carbocycles. The van der Waals surface area contributed by atoms with Crippen LogP contribution in [0.5, 0.6) is 11.5 Å². The zero-order valence-electron chi connectivity index (χ0n) is 19.5. The summed E-state index contributed by atoms with van der Waals surface area (Å²) in [4.78, 5) is 15.4. The van der Waals surface area contributed by atoms with E-state index in [1.807, 2.05) is 42.5 Å². The first-order valence-corrected chi connectivity index (χ1v) is 12.0. The Morgan fingerprint density at radius 3 is 2.64 bits per heavy atom. The Balaban J connectivity index is 1.54. The van der Waals surface area contributed by atoms with E-state index in [1.54, 1.807) is 7.11 Å². The standard InChI is InChI=1S/C27H34N2O4/c1-3-4-5-6-7-10-15-33-23-14-13-18(16-24(23)32-2)25-26-20(17-22(29-25)27(30)31)19-11-8-9-12-21(19)28-26/h8-9,11-14,16,22,25,28-29H,3-7,10,15,17H2,1-2H3,(H,30,31)/t22-,25+/m0/s1. The topological polar surface area (TPSA) is 83.6 Å². The van der Waals surface area contributed by atoms with E-state index >= 15 is 0 Å². The van der Waals surface area contributed by atoms with Crippen LogP contribution in [-0.2, 0) is 11.2 Å². The molecule has 0 spiro atoms. The molecule has 0 bridgehead atoms. The van der Waals surface area contributed by atoms with E-state index < -0.39 is 12.0 Å². The van der Waals surface area contributed by atoms with Gasteiger partial charge < -0.3 is 19.6 Å². The smallest absolute Gasteiger partial charge is 0.321 e. The number of aromatic amines is 1. The highest BCUT2D eigenvalue weighted by molar-refractivity contribution is 5.87. The van der Waals surface area contributed by atoms with Gasteiger partial charge in [0.25, 0.3) is 0 Å². The molecule has 0 fully saturated rings. The molecule has 1 aromatic heterocycles. The molecule has 2 atom stereocenters. The number of carboxylic acids is 1. The molecule has 0 saturated carbocycles. The fourth-order valence-electron chi connectivity index (χ4n) is 4.70. The van der Waals surface area contributed by atoms with Crippen LogP contribution in [0.1, 0.15) is 68.3 Å². The monoisotopic (exact) mass is 450 g/mol. The second kappa shape index (κ2) is 10.8. The number of ether oxygens (including phenoxy) is 2. The summed E-state index contributed by atoms with van der Waals surface area (Å²) >= 11 is 0. The highest BCUT2D eigenvalue weighted by Crippen LogP contribution is 2.38. The summed E-state index contributed by atoms with van der Waals surface area (Å²) < 4.78 is 11.6. The zero-order chi connectivity index (χ0) is 23.2. The molecule has 4 rings (SSSR count). The number of aliphatic carboxylic acids is 1. The van der Waals surface area contributed by atoms with E-state index in [9.17, 15) is 9.90 Å². The molecule has 0 saturated heterocycles. The SMILES string of the molecule is CCCCCCCCOc1ccc([C@H]2N[C@H](C(=O)O)Cc3c2[nH]c2ccccc32)cc1OC. The average molecular weight is 451 g/mol. The van der Waals surface area contributed by atoms with Crippen LogP contribution >= 0.6 is 0 Å². The van der Waals surface area contributed by atoms with Crippen molar-refractivity contribution in [3.63, 3.8) is 0 Å². The Kier molecular flexibility index (Phi) is 7.55. The zero-order valence-corrected chi connectivity index (χ0v) is 19.5. The van der Waals surface area contributed by atoms with Gasteiger partial charge in [0.2, 0.25) is 0 Å². The van der Waals surface area contributed by atoms with Crippen molar-refractivity contribution in [3.8, 4) is 11.5 Å². The van der Waals surface area contributed by atoms with E-state index in [4.69, 9.17) is 9.47 Å². The van der Waals surface area contributed by atoms with Crippen LogP contribution in [0.4, 0.5) is 0 Å². The molecule has 3 aromatic rings. The number of rotatable bonds is 11. The van der Waals surface area contributed by atoms with Crippen molar-refractivity contribution in [2.75, 3.05) is 13.7 Å². The van der Waals surface area contributed by atoms with Gasteiger partial charge in [-0.2, -0.15) is 0 Å². The largest absolute Gasteiger partial charge is 0.493 e. The van der Waals surface area contributed by atoms with Crippen molar-refractivity contribution in [1.82, 2.24) is 10.3 Å². The molecule has 2 aromatic carbocycles. The number of H-pyrrole nitrogens is 1. The number of carboxylic acid groups (broad SMARTS) is 1. The van der Waals surface area contributed by atoms with Crippen molar-refractivity contribution in [3.05, 3.63) is 59.3 Å². The molecule has 1 aliphatic heterocycles. The summed E-state index contributed by atoms with van der Waals surface area (Å²) in [6.07, 6.45) is 7.73. The molecule has 176 valence electrons. The second-order valence-corrected chi connectivity index (χ2v) is 8.78. The van der Waals surface area contributed by atoms with Gasteiger partial charge in [0.15, 0.2) is 11.5 Å². The predicted molar refractivity (Wildman–Crippen MR) is 130 cm³/mol. The van der Waals surface area contributed by atoms with E-state index in [-0.39, 0.29) is 6.04 Å². The highest BCUT2D eigenvalue weighted by Gasteiger charge is 2.34. The Labute approximate surface area is 195 Å². The van der Waals surface area contributed by atoms with Crippen LogP contribution in [0.3, 0.4) is 0 Å². The summed E-state index contributed by atoms with van der Waals surface area (Å²) in [5, 5.41) is 14.1. The van der Waals surface area contributed by atoms with Crippen LogP contribution in [0, 0.1) is 0 Å². The summed E-state index contributed by atoms with van der Waals surface area (Å²) in [5.74, 6) is 0.537. The second-order valence-electron chi connectivity index (χ2n) is 8.78. The molecule has 6 nitrogen and oxygen atoms in total. The van der Waals surface area contributed by atoms with Crippen molar-refractivity contribution in [1.29, 1.82) is 0 Å². The van der Waals surface area contributed by atoms with Gasteiger partial charge in [0.05, 0.1) is 19.8 Å². The summed E-state index contributed by atoms with van der Waals surface area (Å²) in [7, 11) is 1.64. The molecule has 6 heteroatoms. The Morgan fingerprint density at radius 2 is 1.85 bits per heavy atom. The molecule has 0 radical (unpaired) electrons. The number of benzene rings is 2. The van der Waals surface area contributed by atoms with Gasteiger partial charge in [0, 0.05) is 23.0 Å². The van der Waals surface area contributed by atoms with Crippen LogP contribution < -0.4 is 14.8 Å². The third-order valence-electron chi connectivity index (χ3n) is 6.49. The number of hydrogen-bond donors (Lipinski definition) is 3. The first kappa shape index (κ1) is 23.2. The number of methoxy groups -OCH3 is 1. The number of aromatic nitrogens is 1. The lowest BCUT2D eigenvalue weighted by Gasteiger charge is -2.30. The molecular formula is C27H34N2O4. The molecule has 1 aliphatic rings. The van der Waals surface area contributed by atoms with Crippen molar-refractivity contribution in [2.45, 2.75) is 64.0 Å². The predicted octanol–water partition coefficient (Wildman–Crippen LogP) is 5.60. The number of hydrogen-bond acceptors (Lipinski definition) is 4. The summed E-state index contributed by atoms with van der Waals surface area (Å²) in [5.41, 5.74) is 4.03. The number of nitrogens with one attached hydrogen (secondary N) is 2. The molecule has 33 heavy (non-hydrogen) atoms. The van der Waals surface area contributed by atoms with Crippen LogP contribution in [0.15, 0.2) is 42.5 Å². The van der Waals surface area contributed by atoms with Gasteiger partial charge in [0.1, 0.15) is 6.04 Å². The number of unbranched alkanes of at least 4 members (excludes halogenated alkanes) is 5. The third-order valence-corrected chi connectivity index (χ3v) is 6.49. The lowest BCUT2D eigenvalue weighted by atomic mass is 9.90. The fourth-order valence-corrected chi connectivity index (χ4v) is 4.70. The minimum atomic E-state index is -0.846. The number of para-hydroxylation sites is 1. The number of fused-ring (bicyclic) bond motifs is 3. The first-order valence-electron chi connectivity index (χ1n) is 12.0. The molecule has 0 amide bonds. The lowest BCUT2D eigenvalue weighted by Crippen LogP contribution is -2.44. The van der Waals surface area contributed by atoms with E-state index in [2.05, 4.69) is 17.2 Å². The maximum atomic E-state index is 11.9. The van der Waals surface area contributed by atoms with Crippen LogP contribution in [-0.4, -0.2) is 35.8 Å². The minimum absolute atomic E-state index is 0.274. The third kappa shape index (κ3) is 5.17. The minimum Gasteiger partial charge on any atom is -0.493 e. The van der Waals surface area contributed by atoms with Gasteiger partial charge >= 0.3 is 5.97 Å². The fraction of sp³-hybridized carbons (Fsp3) is 0.444. The van der Waals surface area contributed by atoms with Gasteiger partial charge in [-0.15, -0.1) is 0 Å². The normalized spacial score (nSPS) is 17.6. The lowest BCUT2D eigenvalue weighted by molar-refractivity contribution is -0.139. The maximum Gasteiger partial charge on any atom is 0.321 e. The van der Waals surface area contributed by atoms with E-state index in [1.165, 1.54) is 32.1 Å². The molecule has 2 heterocycles.